The quantitative estimate of drug-likeness (QED) is 0.633. The Hall–Kier alpha value is -3.25. The summed E-state index contributed by atoms with van der Waals surface area (Å²) in [7, 11) is 1.58. The Morgan fingerprint density at radius 2 is 1.89 bits per heavy atom. The van der Waals surface area contributed by atoms with Gasteiger partial charge in [-0.05, 0) is 52.7 Å². The highest BCUT2D eigenvalue weighted by Gasteiger charge is 2.13. The number of carbonyl (C=O) groups excluding carboxylic acids is 1. The van der Waals surface area contributed by atoms with Gasteiger partial charge in [-0.25, -0.2) is 8.78 Å². The number of halogens is 2. The lowest BCUT2D eigenvalue weighted by molar-refractivity contribution is -0.117. The third-order valence-corrected chi connectivity index (χ3v) is 4.35. The number of aliphatic hydroxyl groups excluding tert-OH is 1. The summed E-state index contributed by atoms with van der Waals surface area (Å²) in [5, 5.41) is 14.3. The van der Waals surface area contributed by atoms with Crippen molar-refractivity contribution >= 4 is 22.8 Å². The largest absolute Gasteiger partial charge is 0.497 e. The molecule has 1 unspecified atom stereocenters. The van der Waals surface area contributed by atoms with Gasteiger partial charge in [0.2, 0.25) is 5.91 Å². The van der Waals surface area contributed by atoms with Gasteiger partial charge in [0.1, 0.15) is 17.4 Å². The molecule has 0 aliphatic heterocycles. The molecule has 0 saturated heterocycles. The number of ether oxygens (including phenoxy) is 1. The molecule has 1 amide bonds. The number of benzene rings is 3. The molecule has 0 saturated carbocycles. The number of methoxy groups -OCH3 is 1. The standard InChI is InChI=1S/C22H19F2NO3/c1-28-19-8-5-14-2-3-16(10-17(14)11-19)21(13-26)25-22(27)9-6-15-4-7-18(23)12-20(15)24/h2-12,21,26H,13H2,1H3,(H,25,27)/b9-6+. The predicted molar refractivity (Wildman–Crippen MR) is 104 cm³/mol. The van der Waals surface area contributed by atoms with E-state index in [2.05, 4.69) is 5.32 Å². The number of rotatable bonds is 6. The molecular formula is C22H19F2NO3. The number of carbonyl (C=O) groups is 1. The monoisotopic (exact) mass is 383 g/mol. The Morgan fingerprint density at radius 3 is 2.61 bits per heavy atom. The van der Waals surface area contributed by atoms with E-state index < -0.39 is 23.6 Å². The van der Waals surface area contributed by atoms with Crippen molar-refractivity contribution in [2.75, 3.05) is 13.7 Å². The Kier molecular flexibility index (Phi) is 6.01. The number of fused-ring (bicyclic) bond motifs is 1. The van der Waals surface area contributed by atoms with Crippen molar-refractivity contribution in [3.63, 3.8) is 0 Å². The third-order valence-electron chi connectivity index (χ3n) is 4.35. The van der Waals surface area contributed by atoms with Gasteiger partial charge in [-0.15, -0.1) is 0 Å². The van der Waals surface area contributed by atoms with Crippen molar-refractivity contribution in [2.24, 2.45) is 0 Å². The molecular weight excluding hydrogens is 364 g/mol. The van der Waals surface area contributed by atoms with Crippen LogP contribution in [0, 0.1) is 11.6 Å². The van der Waals surface area contributed by atoms with E-state index in [-0.39, 0.29) is 12.2 Å². The highest BCUT2D eigenvalue weighted by molar-refractivity contribution is 5.92. The van der Waals surface area contributed by atoms with Crippen LogP contribution in [0.25, 0.3) is 16.8 Å². The van der Waals surface area contributed by atoms with Crippen LogP contribution in [-0.4, -0.2) is 24.7 Å². The summed E-state index contributed by atoms with van der Waals surface area (Å²) in [6, 6.07) is 13.7. The zero-order valence-electron chi connectivity index (χ0n) is 15.2. The average Bonchev–Trinajstić information content (AvgIpc) is 2.70. The van der Waals surface area contributed by atoms with Gasteiger partial charge < -0.3 is 15.2 Å². The molecule has 2 N–H and O–H groups in total. The first-order valence-corrected chi connectivity index (χ1v) is 8.62. The molecule has 3 aromatic rings. The Labute approximate surface area is 161 Å². The SMILES string of the molecule is COc1ccc2ccc(C(CO)NC(=O)/C=C/c3ccc(F)cc3F)cc2c1. The van der Waals surface area contributed by atoms with Crippen molar-refractivity contribution in [1.29, 1.82) is 0 Å². The maximum atomic E-state index is 13.6. The minimum Gasteiger partial charge on any atom is -0.497 e. The van der Waals surface area contributed by atoms with Gasteiger partial charge in [0.15, 0.2) is 0 Å². The van der Waals surface area contributed by atoms with E-state index in [4.69, 9.17) is 4.74 Å². The van der Waals surface area contributed by atoms with Crippen LogP contribution < -0.4 is 10.1 Å². The number of hydrogen-bond acceptors (Lipinski definition) is 3. The lowest BCUT2D eigenvalue weighted by Crippen LogP contribution is -2.29. The van der Waals surface area contributed by atoms with E-state index in [9.17, 15) is 18.7 Å². The zero-order valence-corrected chi connectivity index (χ0v) is 15.2. The molecule has 6 heteroatoms. The first-order valence-electron chi connectivity index (χ1n) is 8.62. The van der Waals surface area contributed by atoms with Crippen LogP contribution in [0.5, 0.6) is 5.75 Å². The molecule has 3 rings (SSSR count). The average molecular weight is 383 g/mol. The first-order chi connectivity index (χ1) is 13.5. The lowest BCUT2D eigenvalue weighted by atomic mass is 10.0. The van der Waals surface area contributed by atoms with Crippen LogP contribution >= 0.6 is 0 Å². The van der Waals surface area contributed by atoms with Crippen LogP contribution in [0.2, 0.25) is 0 Å². The van der Waals surface area contributed by atoms with Gasteiger partial charge in [-0.3, -0.25) is 4.79 Å². The predicted octanol–water partition coefficient (Wildman–Crippen LogP) is 3.99. The van der Waals surface area contributed by atoms with Crippen LogP contribution in [0.15, 0.2) is 60.7 Å². The summed E-state index contributed by atoms with van der Waals surface area (Å²) in [4.78, 5) is 12.2. The molecule has 3 aromatic carbocycles. The summed E-state index contributed by atoms with van der Waals surface area (Å²) in [6.45, 7) is -0.306. The second-order valence-electron chi connectivity index (χ2n) is 6.22. The molecule has 0 spiro atoms. The van der Waals surface area contributed by atoms with Crippen molar-refractivity contribution in [1.82, 2.24) is 5.32 Å². The zero-order chi connectivity index (χ0) is 20.1. The molecule has 0 radical (unpaired) electrons. The summed E-state index contributed by atoms with van der Waals surface area (Å²) >= 11 is 0. The molecule has 4 nitrogen and oxygen atoms in total. The van der Waals surface area contributed by atoms with Gasteiger partial charge in [0.05, 0.1) is 19.8 Å². The number of hydrogen-bond donors (Lipinski definition) is 2. The van der Waals surface area contributed by atoms with Crippen molar-refractivity contribution < 1.29 is 23.4 Å². The first kappa shape index (κ1) is 19.5. The van der Waals surface area contributed by atoms with E-state index >= 15 is 0 Å². The fourth-order valence-corrected chi connectivity index (χ4v) is 2.84. The van der Waals surface area contributed by atoms with Crippen molar-refractivity contribution in [2.45, 2.75) is 6.04 Å². The van der Waals surface area contributed by atoms with Crippen LogP contribution in [0.1, 0.15) is 17.2 Å². The second kappa shape index (κ2) is 8.63. The number of aliphatic hydroxyl groups is 1. The van der Waals surface area contributed by atoms with E-state index in [0.717, 1.165) is 34.5 Å². The highest BCUT2D eigenvalue weighted by atomic mass is 19.1. The second-order valence-corrected chi connectivity index (χ2v) is 6.22. The Bertz CT molecular complexity index is 1030. The minimum atomic E-state index is -0.758. The van der Waals surface area contributed by atoms with Gasteiger partial charge in [-0.1, -0.05) is 18.2 Å². The molecule has 0 heterocycles. The molecule has 0 aromatic heterocycles. The van der Waals surface area contributed by atoms with Crippen molar-refractivity contribution in [3.05, 3.63) is 83.4 Å². The minimum absolute atomic E-state index is 0.0925. The topological polar surface area (TPSA) is 58.6 Å². The van der Waals surface area contributed by atoms with Crippen LogP contribution in [0.4, 0.5) is 8.78 Å². The van der Waals surface area contributed by atoms with Crippen LogP contribution in [0.3, 0.4) is 0 Å². The molecule has 0 fully saturated rings. The summed E-state index contributed by atoms with van der Waals surface area (Å²) in [6.07, 6.45) is 2.40. The fraction of sp³-hybridized carbons (Fsp3) is 0.136. The Morgan fingerprint density at radius 1 is 1.11 bits per heavy atom. The lowest BCUT2D eigenvalue weighted by Gasteiger charge is -2.16. The van der Waals surface area contributed by atoms with E-state index in [1.54, 1.807) is 7.11 Å². The molecule has 0 aliphatic carbocycles. The number of amides is 1. The summed E-state index contributed by atoms with van der Waals surface area (Å²) in [5.74, 6) is -1.24. The van der Waals surface area contributed by atoms with Crippen LogP contribution in [-0.2, 0) is 4.79 Å². The number of nitrogens with one attached hydrogen (secondary N) is 1. The van der Waals surface area contributed by atoms with Gasteiger partial charge in [-0.2, -0.15) is 0 Å². The molecule has 28 heavy (non-hydrogen) atoms. The normalized spacial score (nSPS) is 12.3. The molecule has 1 atom stereocenters. The van der Waals surface area contributed by atoms with Gasteiger partial charge in [0, 0.05) is 17.7 Å². The van der Waals surface area contributed by atoms with E-state index in [1.165, 1.54) is 12.1 Å². The summed E-state index contributed by atoms with van der Waals surface area (Å²) in [5.41, 5.74) is 0.813. The maximum Gasteiger partial charge on any atom is 0.244 e. The van der Waals surface area contributed by atoms with Gasteiger partial charge >= 0.3 is 0 Å². The highest BCUT2D eigenvalue weighted by Crippen LogP contribution is 2.24. The molecule has 144 valence electrons. The fourth-order valence-electron chi connectivity index (χ4n) is 2.84. The van der Waals surface area contributed by atoms with Crippen molar-refractivity contribution in [3.8, 4) is 5.75 Å². The van der Waals surface area contributed by atoms with E-state index in [1.807, 2.05) is 36.4 Å². The van der Waals surface area contributed by atoms with Gasteiger partial charge in [0.25, 0.3) is 0 Å². The molecule has 0 bridgehead atoms. The van der Waals surface area contributed by atoms with E-state index in [0.29, 0.717) is 5.75 Å². The summed E-state index contributed by atoms with van der Waals surface area (Å²) < 4.78 is 31.8. The maximum absolute atomic E-state index is 13.6. The smallest absolute Gasteiger partial charge is 0.244 e. The molecule has 0 aliphatic rings. The third kappa shape index (κ3) is 4.53. The Balaban J connectivity index is 1.76.